The van der Waals surface area contributed by atoms with Crippen molar-refractivity contribution in [2.75, 3.05) is 0 Å². The van der Waals surface area contributed by atoms with Crippen LogP contribution >= 0.6 is 17.0 Å². The summed E-state index contributed by atoms with van der Waals surface area (Å²) in [6.45, 7) is 4.31. The maximum absolute atomic E-state index is 2.25. The van der Waals surface area contributed by atoms with Gasteiger partial charge in [-0.05, 0) is 0 Å². The van der Waals surface area contributed by atoms with E-state index in [-0.39, 0.29) is 36.5 Å². The molecule has 0 radical (unpaired) electrons. The van der Waals surface area contributed by atoms with Gasteiger partial charge in [0.15, 0.2) is 0 Å². The molecule has 0 amide bonds. The number of hydrogen-bond acceptors (Lipinski definition) is 0. The first-order valence-corrected chi connectivity index (χ1v) is 2.23. The van der Waals surface area contributed by atoms with E-state index in [2.05, 4.69) is 20.3 Å². The molecule has 0 unspecified atom stereocenters. The Morgan fingerprint density at radius 1 is 1.14 bits per heavy atom. The Morgan fingerprint density at radius 3 is 1.43 bits per heavy atom. The number of rotatable bonds is 2. The van der Waals surface area contributed by atoms with E-state index in [0.29, 0.717) is 0 Å². The van der Waals surface area contributed by atoms with E-state index in [9.17, 15) is 0 Å². The van der Waals surface area contributed by atoms with Gasteiger partial charge in [-0.1, -0.05) is 13.8 Å². The quantitative estimate of drug-likeness (QED) is 0.493. The summed E-state index contributed by atoms with van der Waals surface area (Å²) in [5.74, 6) is 0. The molecule has 0 saturated carbocycles. The first kappa shape index (κ1) is 15.7. The van der Waals surface area contributed by atoms with Gasteiger partial charge in [-0.3, -0.25) is 0 Å². The molecular weight excluding hydrogens is 205 g/mol. The summed E-state index contributed by atoms with van der Waals surface area (Å²) in [5, 5.41) is 0. The largest absolute Gasteiger partial charge is 0.329 e. The number of hydrogen-bond donors (Lipinski definition) is 0. The van der Waals surface area contributed by atoms with E-state index < -0.39 is 0 Å². The molecule has 0 rings (SSSR count). The van der Waals surface area contributed by atoms with Crippen molar-refractivity contribution in [2.45, 2.75) is 26.7 Å². The summed E-state index contributed by atoms with van der Waals surface area (Å²) in [7, 11) is 0. The minimum absolute atomic E-state index is 0. The molecule has 0 aromatic rings. The SMILES string of the molecule is Br.CC[CH-]CC.[Zn]. The summed E-state index contributed by atoms with van der Waals surface area (Å²) in [5.41, 5.74) is 0. The van der Waals surface area contributed by atoms with Crippen LogP contribution in [-0.4, -0.2) is 0 Å². The van der Waals surface area contributed by atoms with Gasteiger partial charge in [-0.25, -0.2) is 0 Å². The predicted molar refractivity (Wildman–Crippen MR) is 35.2 cm³/mol. The fourth-order valence-corrected chi connectivity index (χ4v) is 0.289. The standard InChI is InChI=1S/C5H11.BrH.Zn/c1-3-5-4-2;;/h5H,3-4H2,1-2H3;1H;/q-1;;. The molecule has 0 spiro atoms. The zero-order valence-electron chi connectivity index (χ0n) is 5.11. The van der Waals surface area contributed by atoms with Crippen LogP contribution in [0.15, 0.2) is 0 Å². The Labute approximate surface area is 69.6 Å². The van der Waals surface area contributed by atoms with Crippen LogP contribution < -0.4 is 0 Å². The zero-order valence-corrected chi connectivity index (χ0v) is 9.79. The Kier molecular flexibility index (Phi) is 35.2. The van der Waals surface area contributed by atoms with E-state index in [4.69, 9.17) is 0 Å². The van der Waals surface area contributed by atoms with Gasteiger partial charge in [0.05, 0.1) is 0 Å². The second-order valence-corrected chi connectivity index (χ2v) is 1.11. The van der Waals surface area contributed by atoms with Gasteiger partial charge in [0.1, 0.15) is 0 Å². The Morgan fingerprint density at radius 2 is 1.43 bits per heavy atom. The molecule has 0 aromatic carbocycles. The van der Waals surface area contributed by atoms with Crippen molar-refractivity contribution in [3.05, 3.63) is 6.42 Å². The summed E-state index contributed by atoms with van der Waals surface area (Å²) >= 11 is 0. The molecule has 0 fully saturated rings. The van der Waals surface area contributed by atoms with Crippen LogP contribution in [0.2, 0.25) is 0 Å². The van der Waals surface area contributed by atoms with E-state index in [1.54, 1.807) is 0 Å². The zero-order chi connectivity index (χ0) is 4.12. The second-order valence-electron chi connectivity index (χ2n) is 1.11. The molecule has 0 heterocycles. The molecule has 0 N–H and O–H groups in total. The Bertz CT molecular complexity index is 15.6. The number of unbranched alkanes of at least 4 members (excludes halogenated alkanes) is 2. The monoisotopic (exact) mass is 215 g/mol. The van der Waals surface area contributed by atoms with Gasteiger partial charge < -0.3 is 6.42 Å². The van der Waals surface area contributed by atoms with Crippen molar-refractivity contribution in [3.63, 3.8) is 0 Å². The molecule has 0 aliphatic carbocycles. The van der Waals surface area contributed by atoms with Gasteiger partial charge in [-0.2, -0.15) is 12.8 Å². The van der Waals surface area contributed by atoms with Crippen LogP contribution in [0, 0.1) is 6.42 Å². The summed E-state index contributed by atoms with van der Waals surface area (Å²) in [6, 6.07) is 0. The van der Waals surface area contributed by atoms with E-state index >= 15 is 0 Å². The molecule has 0 aliphatic rings. The molecule has 0 aliphatic heterocycles. The van der Waals surface area contributed by atoms with Gasteiger partial charge in [0, 0.05) is 19.5 Å². The van der Waals surface area contributed by atoms with Crippen LogP contribution in [0.4, 0.5) is 0 Å². The first-order chi connectivity index (χ1) is 2.41. The predicted octanol–water partition coefficient (Wildman–Crippen LogP) is 2.59. The normalized spacial score (nSPS) is 6.00. The van der Waals surface area contributed by atoms with Gasteiger partial charge in [0.2, 0.25) is 0 Å². The topological polar surface area (TPSA) is 0 Å². The average Bonchev–Trinajstić information content (AvgIpc) is 1.41. The minimum Gasteiger partial charge on any atom is -0.329 e. The Balaban J connectivity index is -0.0000000800. The minimum atomic E-state index is 0. The summed E-state index contributed by atoms with van der Waals surface area (Å²) < 4.78 is 0. The van der Waals surface area contributed by atoms with Gasteiger partial charge >= 0.3 is 0 Å². The Hall–Kier alpha value is 1.10. The van der Waals surface area contributed by atoms with Crippen molar-refractivity contribution in [1.29, 1.82) is 0 Å². The third-order valence-corrected chi connectivity index (χ3v) is 0.577. The molecule has 0 saturated heterocycles. The van der Waals surface area contributed by atoms with Crippen LogP contribution in [0.1, 0.15) is 26.7 Å². The summed E-state index contributed by atoms with van der Waals surface area (Å²) in [6.07, 6.45) is 4.69. The molecule has 0 bridgehead atoms. The van der Waals surface area contributed by atoms with E-state index in [1.807, 2.05) is 0 Å². The molecule has 2 heteroatoms. The average molecular weight is 217 g/mol. The fraction of sp³-hybridized carbons (Fsp3) is 0.800. The van der Waals surface area contributed by atoms with Crippen molar-refractivity contribution in [3.8, 4) is 0 Å². The van der Waals surface area contributed by atoms with Gasteiger partial charge in [-0.15, -0.1) is 17.0 Å². The smallest absolute Gasteiger partial charge is 0 e. The molecule has 7 heavy (non-hydrogen) atoms. The number of halogens is 1. The first-order valence-electron chi connectivity index (χ1n) is 2.23. The van der Waals surface area contributed by atoms with Crippen LogP contribution in [0.5, 0.6) is 0 Å². The van der Waals surface area contributed by atoms with Crippen molar-refractivity contribution >= 4 is 17.0 Å². The van der Waals surface area contributed by atoms with Crippen LogP contribution in [-0.2, 0) is 19.5 Å². The molecule has 0 nitrogen and oxygen atoms in total. The molecule has 0 aromatic heterocycles. The van der Waals surface area contributed by atoms with Crippen molar-refractivity contribution < 1.29 is 19.5 Å². The van der Waals surface area contributed by atoms with E-state index in [0.717, 1.165) is 0 Å². The molecular formula is C5H12BrZn-. The maximum atomic E-state index is 2.25. The second kappa shape index (κ2) is 15.7. The van der Waals surface area contributed by atoms with Crippen LogP contribution in [0.3, 0.4) is 0 Å². The third kappa shape index (κ3) is 19.2. The van der Waals surface area contributed by atoms with Gasteiger partial charge in [0.25, 0.3) is 0 Å². The fourth-order valence-electron chi connectivity index (χ4n) is 0.289. The van der Waals surface area contributed by atoms with E-state index in [1.165, 1.54) is 12.8 Å². The maximum Gasteiger partial charge on any atom is 0 e. The van der Waals surface area contributed by atoms with Crippen LogP contribution in [0.25, 0.3) is 0 Å². The van der Waals surface area contributed by atoms with Crippen molar-refractivity contribution in [1.82, 2.24) is 0 Å². The summed E-state index contributed by atoms with van der Waals surface area (Å²) in [4.78, 5) is 0. The molecule has 0 atom stereocenters. The third-order valence-electron chi connectivity index (χ3n) is 0.577. The molecule has 42 valence electrons. The van der Waals surface area contributed by atoms with Crippen molar-refractivity contribution in [2.24, 2.45) is 0 Å².